The molecule has 4 nitrogen and oxygen atoms in total. The Morgan fingerprint density at radius 3 is 2.68 bits per heavy atom. The van der Waals surface area contributed by atoms with Crippen LogP contribution in [0.5, 0.6) is 5.75 Å². The third kappa shape index (κ3) is 6.72. The van der Waals surface area contributed by atoms with E-state index in [1.54, 1.807) is 12.1 Å². The Hall–Kier alpha value is -1.68. The molecule has 0 aliphatic rings. The van der Waals surface area contributed by atoms with Gasteiger partial charge in [-0.05, 0) is 38.1 Å². The Kier molecular flexibility index (Phi) is 6.22. The number of rotatable bonds is 6. The van der Waals surface area contributed by atoms with Gasteiger partial charge in [-0.25, -0.2) is 4.99 Å². The predicted octanol–water partition coefficient (Wildman–Crippen LogP) is 2.59. The van der Waals surface area contributed by atoms with Crippen LogP contribution < -0.4 is 15.8 Å². The van der Waals surface area contributed by atoms with Gasteiger partial charge in [-0.1, -0.05) is 23.8 Å². The first-order valence-corrected chi connectivity index (χ1v) is 6.45. The van der Waals surface area contributed by atoms with Crippen molar-refractivity contribution < 1.29 is 4.74 Å². The average Bonchev–Trinajstić information content (AvgIpc) is 2.36. The summed E-state index contributed by atoms with van der Waals surface area (Å²) in [6, 6.07) is 7.22. The summed E-state index contributed by atoms with van der Waals surface area (Å²) in [7, 11) is 0. The minimum absolute atomic E-state index is 0.0636. The van der Waals surface area contributed by atoms with Crippen LogP contribution >= 0.6 is 11.6 Å². The summed E-state index contributed by atoms with van der Waals surface area (Å²) in [5.41, 5.74) is 6.71. The third-order valence-corrected chi connectivity index (χ3v) is 2.49. The largest absolute Gasteiger partial charge is 0.489 e. The molecule has 5 heteroatoms. The quantitative estimate of drug-likeness (QED) is 0.479. The van der Waals surface area contributed by atoms with Gasteiger partial charge in [0.2, 0.25) is 0 Å². The lowest BCUT2D eigenvalue weighted by Crippen LogP contribution is -2.33. The molecule has 0 heterocycles. The highest BCUT2D eigenvalue weighted by molar-refractivity contribution is 6.30. The van der Waals surface area contributed by atoms with Crippen molar-refractivity contribution >= 4 is 17.6 Å². The molecule has 0 fully saturated rings. The Morgan fingerprint density at radius 1 is 1.47 bits per heavy atom. The van der Waals surface area contributed by atoms with Crippen LogP contribution in [0.1, 0.15) is 13.8 Å². The zero-order chi connectivity index (χ0) is 14.3. The van der Waals surface area contributed by atoms with Crippen LogP contribution in [0.25, 0.3) is 0 Å². The SMILES string of the molecule is C=C(C)CNC(N)=NCC(C)Oc1ccc(Cl)cc1. The van der Waals surface area contributed by atoms with E-state index in [0.29, 0.717) is 24.1 Å². The lowest BCUT2D eigenvalue weighted by atomic mass is 10.3. The highest BCUT2D eigenvalue weighted by Gasteiger charge is 2.03. The molecule has 0 aromatic heterocycles. The number of nitrogens with one attached hydrogen (secondary N) is 1. The van der Waals surface area contributed by atoms with Crippen LogP contribution in [0, 0.1) is 0 Å². The van der Waals surface area contributed by atoms with E-state index in [4.69, 9.17) is 22.1 Å². The van der Waals surface area contributed by atoms with E-state index in [-0.39, 0.29) is 6.10 Å². The van der Waals surface area contributed by atoms with Gasteiger partial charge in [0.25, 0.3) is 0 Å². The molecule has 0 saturated carbocycles. The molecule has 0 bridgehead atoms. The van der Waals surface area contributed by atoms with Crippen molar-refractivity contribution in [1.29, 1.82) is 0 Å². The lowest BCUT2D eigenvalue weighted by Gasteiger charge is -2.13. The Labute approximate surface area is 119 Å². The monoisotopic (exact) mass is 281 g/mol. The molecule has 0 aliphatic carbocycles. The minimum Gasteiger partial charge on any atom is -0.489 e. The summed E-state index contributed by atoms with van der Waals surface area (Å²) < 4.78 is 5.68. The smallest absolute Gasteiger partial charge is 0.188 e. The van der Waals surface area contributed by atoms with Crippen molar-refractivity contribution in [3.05, 3.63) is 41.4 Å². The van der Waals surface area contributed by atoms with Crippen LogP contribution in [0.3, 0.4) is 0 Å². The van der Waals surface area contributed by atoms with Crippen molar-refractivity contribution in [3.63, 3.8) is 0 Å². The van der Waals surface area contributed by atoms with Gasteiger partial charge in [0.15, 0.2) is 5.96 Å². The minimum atomic E-state index is -0.0636. The topological polar surface area (TPSA) is 59.6 Å². The first-order valence-electron chi connectivity index (χ1n) is 6.07. The average molecular weight is 282 g/mol. The molecule has 0 radical (unpaired) electrons. The summed E-state index contributed by atoms with van der Waals surface area (Å²) in [6.07, 6.45) is -0.0636. The molecule has 1 aromatic rings. The van der Waals surface area contributed by atoms with Crippen LogP contribution in [0.4, 0.5) is 0 Å². The molecule has 1 atom stereocenters. The fraction of sp³-hybridized carbons (Fsp3) is 0.357. The number of aliphatic imine (C=N–C) groups is 1. The highest BCUT2D eigenvalue weighted by atomic mass is 35.5. The van der Waals surface area contributed by atoms with Crippen molar-refractivity contribution in [2.75, 3.05) is 13.1 Å². The fourth-order valence-electron chi connectivity index (χ4n) is 1.31. The molecule has 1 unspecified atom stereocenters. The molecule has 0 spiro atoms. The maximum Gasteiger partial charge on any atom is 0.188 e. The molecule has 0 amide bonds. The summed E-state index contributed by atoms with van der Waals surface area (Å²) >= 11 is 5.80. The molecular weight excluding hydrogens is 262 g/mol. The van der Waals surface area contributed by atoms with E-state index in [9.17, 15) is 0 Å². The van der Waals surface area contributed by atoms with Gasteiger partial charge < -0.3 is 15.8 Å². The van der Waals surface area contributed by atoms with Gasteiger partial charge in [-0.15, -0.1) is 0 Å². The van der Waals surface area contributed by atoms with Gasteiger partial charge in [-0.3, -0.25) is 0 Å². The fourth-order valence-corrected chi connectivity index (χ4v) is 1.43. The summed E-state index contributed by atoms with van der Waals surface area (Å²) in [4.78, 5) is 4.20. The van der Waals surface area contributed by atoms with Crippen LogP contribution in [0.2, 0.25) is 5.02 Å². The number of hydrogen-bond donors (Lipinski definition) is 2. The molecule has 1 rings (SSSR count). The second-order valence-corrected chi connectivity index (χ2v) is 4.86. The lowest BCUT2D eigenvalue weighted by molar-refractivity contribution is 0.230. The van der Waals surface area contributed by atoms with Gasteiger partial charge in [0.05, 0.1) is 6.54 Å². The van der Waals surface area contributed by atoms with Crippen molar-refractivity contribution in [2.45, 2.75) is 20.0 Å². The Morgan fingerprint density at radius 2 is 2.11 bits per heavy atom. The molecule has 3 N–H and O–H groups in total. The third-order valence-electron chi connectivity index (χ3n) is 2.24. The number of ether oxygens (including phenoxy) is 1. The highest BCUT2D eigenvalue weighted by Crippen LogP contribution is 2.16. The molecule has 0 aliphatic heterocycles. The van der Waals surface area contributed by atoms with Crippen LogP contribution in [-0.4, -0.2) is 25.2 Å². The number of nitrogens with zero attached hydrogens (tertiary/aromatic N) is 1. The van der Waals surface area contributed by atoms with E-state index >= 15 is 0 Å². The molecular formula is C14H20ClN3O. The summed E-state index contributed by atoms with van der Waals surface area (Å²) in [5.74, 6) is 1.16. The van der Waals surface area contributed by atoms with Crippen LogP contribution in [0.15, 0.2) is 41.4 Å². The normalized spacial score (nSPS) is 12.9. The van der Waals surface area contributed by atoms with E-state index in [1.165, 1.54) is 0 Å². The number of halogens is 1. The predicted molar refractivity (Wildman–Crippen MR) is 80.8 cm³/mol. The van der Waals surface area contributed by atoms with Crippen molar-refractivity contribution in [3.8, 4) is 5.75 Å². The first kappa shape index (κ1) is 15.4. The number of hydrogen-bond acceptors (Lipinski definition) is 2. The molecule has 1 aromatic carbocycles. The van der Waals surface area contributed by atoms with Crippen molar-refractivity contribution in [1.82, 2.24) is 5.32 Å². The Bertz CT molecular complexity index is 443. The van der Waals surface area contributed by atoms with E-state index in [0.717, 1.165) is 11.3 Å². The second kappa shape index (κ2) is 7.69. The standard InChI is InChI=1S/C14H20ClN3O/c1-10(2)8-17-14(16)18-9-11(3)19-13-6-4-12(15)5-7-13/h4-7,11H,1,8-9H2,2-3H3,(H3,16,17,18). The summed E-state index contributed by atoms with van der Waals surface area (Å²) in [5, 5.41) is 3.65. The van der Waals surface area contributed by atoms with Crippen molar-refractivity contribution in [2.24, 2.45) is 10.7 Å². The second-order valence-electron chi connectivity index (χ2n) is 4.42. The Balaban J connectivity index is 2.38. The molecule has 0 saturated heterocycles. The zero-order valence-electron chi connectivity index (χ0n) is 11.3. The van der Waals surface area contributed by atoms with Gasteiger partial charge in [-0.2, -0.15) is 0 Å². The maximum absolute atomic E-state index is 5.80. The maximum atomic E-state index is 5.80. The van der Waals surface area contributed by atoms with E-state index in [2.05, 4.69) is 16.9 Å². The zero-order valence-corrected chi connectivity index (χ0v) is 12.1. The number of guanidine groups is 1. The van der Waals surface area contributed by atoms with Crippen LogP contribution in [-0.2, 0) is 0 Å². The van der Waals surface area contributed by atoms with Gasteiger partial charge in [0.1, 0.15) is 11.9 Å². The van der Waals surface area contributed by atoms with E-state index < -0.39 is 0 Å². The first-order chi connectivity index (χ1) is 8.97. The molecule has 19 heavy (non-hydrogen) atoms. The van der Waals surface area contributed by atoms with E-state index in [1.807, 2.05) is 26.0 Å². The number of benzene rings is 1. The summed E-state index contributed by atoms with van der Waals surface area (Å²) in [6.45, 7) is 8.75. The van der Waals surface area contributed by atoms with Gasteiger partial charge in [0, 0.05) is 11.6 Å². The molecule has 104 valence electrons. The van der Waals surface area contributed by atoms with Gasteiger partial charge >= 0.3 is 0 Å². The number of nitrogens with two attached hydrogens (primary N) is 1.